The highest BCUT2D eigenvalue weighted by atomic mass is 16.5. The Morgan fingerprint density at radius 3 is 1.83 bits per heavy atom. The zero-order chi connectivity index (χ0) is 33.0. The van der Waals surface area contributed by atoms with E-state index in [9.17, 15) is 9.59 Å². The van der Waals surface area contributed by atoms with Crippen molar-refractivity contribution in [2.45, 2.75) is 33.8 Å². The summed E-state index contributed by atoms with van der Waals surface area (Å²) >= 11 is 0. The molecule has 0 saturated carbocycles. The Balaban J connectivity index is 0.000000186. The predicted molar refractivity (Wildman–Crippen MR) is 181 cm³/mol. The van der Waals surface area contributed by atoms with Crippen LogP contribution in [0, 0.1) is 0 Å². The second-order valence-electron chi connectivity index (χ2n) is 10.5. The van der Waals surface area contributed by atoms with Gasteiger partial charge in [0.1, 0.15) is 42.8 Å². The van der Waals surface area contributed by atoms with E-state index >= 15 is 0 Å². The third kappa shape index (κ3) is 8.59. The first-order valence-electron chi connectivity index (χ1n) is 15.4. The molecule has 0 atom stereocenters. The van der Waals surface area contributed by atoms with Crippen LogP contribution in [0.15, 0.2) is 109 Å². The SMILES string of the molecule is CCOC(=O)c1cc2ccc(OCc3ccccc3)cc2[nH]1.CCOC(=O)c1cc2ccc(OCc3ccccc3)cc2n1COC. The average Bonchev–Trinajstić information content (AvgIpc) is 3.69. The molecule has 0 radical (unpaired) electrons. The third-order valence-corrected chi connectivity index (χ3v) is 7.20. The van der Waals surface area contributed by atoms with Gasteiger partial charge in [0.15, 0.2) is 0 Å². The summed E-state index contributed by atoms with van der Waals surface area (Å²) in [6.45, 7) is 5.53. The number of aromatic amines is 1. The van der Waals surface area contributed by atoms with Crippen LogP contribution in [0.25, 0.3) is 21.8 Å². The van der Waals surface area contributed by atoms with Gasteiger partial charge in [0.2, 0.25) is 0 Å². The van der Waals surface area contributed by atoms with Crippen molar-refractivity contribution < 1.29 is 33.3 Å². The lowest BCUT2D eigenvalue weighted by molar-refractivity contribution is 0.0493. The Morgan fingerprint density at radius 1 is 0.660 bits per heavy atom. The fourth-order valence-corrected chi connectivity index (χ4v) is 4.96. The second kappa shape index (κ2) is 16.1. The summed E-state index contributed by atoms with van der Waals surface area (Å²) in [7, 11) is 1.59. The summed E-state index contributed by atoms with van der Waals surface area (Å²) in [6.07, 6.45) is 0. The Morgan fingerprint density at radius 2 is 1.23 bits per heavy atom. The first-order valence-corrected chi connectivity index (χ1v) is 15.4. The lowest BCUT2D eigenvalue weighted by Gasteiger charge is -2.10. The lowest BCUT2D eigenvalue weighted by Crippen LogP contribution is -2.13. The van der Waals surface area contributed by atoms with E-state index in [4.69, 9.17) is 23.7 Å². The van der Waals surface area contributed by atoms with Crippen LogP contribution in [-0.2, 0) is 34.2 Å². The number of hydrogen-bond donors (Lipinski definition) is 1. The van der Waals surface area contributed by atoms with Crippen molar-refractivity contribution in [3.8, 4) is 11.5 Å². The smallest absolute Gasteiger partial charge is 0.355 e. The van der Waals surface area contributed by atoms with Crippen molar-refractivity contribution in [1.82, 2.24) is 9.55 Å². The largest absolute Gasteiger partial charge is 0.489 e. The molecule has 0 saturated heterocycles. The molecule has 0 amide bonds. The van der Waals surface area contributed by atoms with Crippen LogP contribution in [0.1, 0.15) is 46.0 Å². The molecule has 0 bridgehead atoms. The number of ether oxygens (including phenoxy) is 5. The van der Waals surface area contributed by atoms with Gasteiger partial charge in [-0.25, -0.2) is 9.59 Å². The van der Waals surface area contributed by atoms with Crippen molar-refractivity contribution in [2.75, 3.05) is 20.3 Å². The Bertz CT molecular complexity index is 1910. The molecule has 0 aliphatic carbocycles. The van der Waals surface area contributed by atoms with E-state index in [1.54, 1.807) is 31.6 Å². The summed E-state index contributed by atoms with van der Waals surface area (Å²) in [5.74, 6) is 0.795. The fraction of sp³-hybridized carbons (Fsp3) is 0.211. The molecule has 242 valence electrons. The maximum atomic E-state index is 12.2. The minimum absolute atomic E-state index is 0.264. The number of carbonyl (C=O) groups is 2. The number of esters is 2. The van der Waals surface area contributed by atoms with Gasteiger partial charge in [-0.15, -0.1) is 0 Å². The molecule has 1 N–H and O–H groups in total. The molecule has 0 spiro atoms. The Labute approximate surface area is 273 Å². The Hall–Kier alpha value is -5.54. The number of benzene rings is 4. The predicted octanol–water partition coefficient (Wildman–Crippen LogP) is 7.92. The summed E-state index contributed by atoms with van der Waals surface area (Å²) in [6, 6.07) is 35.0. The molecule has 0 aliphatic rings. The molecule has 0 fully saturated rings. The second-order valence-corrected chi connectivity index (χ2v) is 10.5. The standard InChI is InChI=1S/C20H21NO4.C18H17NO3/c1-3-24-20(22)19-11-16-9-10-17(12-18(16)21(19)14-23-2)25-13-15-7-5-4-6-8-15;1-2-21-18(20)17-10-14-8-9-15(11-16(14)19-17)22-12-13-6-4-3-5-7-13/h4-12H,3,13-14H2,1-2H3;3-11,19H,2,12H2,1H3. The molecule has 2 aromatic heterocycles. The number of methoxy groups -OCH3 is 1. The zero-order valence-corrected chi connectivity index (χ0v) is 26.7. The van der Waals surface area contributed by atoms with Gasteiger partial charge in [-0.2, -0.15) is 0 Å². The van der Waals surface area contributed by atoms with Gasteiger partial charge in [-0.05, 0) is 61.4 Å². The lowest BCUT2D eigenvalue weighted by atomic mass is 10.2. The van der Waals surface area contributed by atoms with Crippen molar-refractivity contribution in [3.63, 3.8) is 0 Å². The van der Waals surface area contributed by atoms with Crippen LogP contribution in [0.3, 0.4) is 0 Å². The van der Waals surface area contributed by atoms with Crippen LogP contribution in [0.4, 0.5) is 0 Å². The molecule has 47 heavy (non-hydrogen) atoms. The number of nitrogens with zero attached hydrogens (tertiary/aromatic N) is 1. The van der Waals surface area contributed by atoms with E-state index in [1.165, 1.54) is 0 Å². The van der Waals surface area contributed by atoms with E-state index in [0.717, 1.165) is 44.4 Å². The maximum absolute atomic E-state index is 12.2. The molecular formula is C38H38N2O7. The zero-order valence-electron chi connectivity index (χ0n) is 26.7. The first kappa shape index (κ1) is 32.8. The molecule has 6 rings (SSSR count). The minimum atomic E-state index is -0.359. The highest BCUT2D eigenvalue weighted by Gasteiger charge is 2.17. The Kier molecular flexibility index (Phi) is 11.3. The molecular weight excluding hydrogens is 596 g/mol. The molecule has 0 unspecified atom stereocenters. The van der Waals surface area contributed by atoms with Crippen molar-refractivity contribution in [1.29, 1.82) is 0 Å². The molecule has 0 aliphatic heterocycles. The van der Waals surface area contributed by atoms with Crippen molar-refractivity contribution in [3.05, 3.63) is 132 Å². The topological polar surface area (TPSA) is 101 Å². The molecule has 4 aromatic carbocycles. The van der Waals surface area contributed by atoms with E-state index in [-0.39, 0.29) is 18.7 Å². The van der Waals surface area contributed by atoms with Gasteiger partial charge >= 0.3 is 11.9 Å². The van der Waals surface area contributed by atoms with Crippen LogP contribution < -0.4 is 9.47 Å². The van der Waals surface area contributed by atoms with Gasteiger partial charge in [-0.3, -0.25) is 0 Å². The van der Waals surface area contributed by atoms with Gasteiger partial charge in [-0.1, -0.05) is 60.7 Å². The normalized spacial score (nSPS) is 10.7. The first-order chi connectivity index (χ1) is 23.0. The molecule has 6 aromatic rings. The van der Waals surface area contributed by atoms with E-state index < -0.39 is 0 Å². The number of rotatable bonds is 12. The monoisotopic (exact) mass is 634 g/mol. The summed E-state index contributed by atoms with van der Waals surface area (Å²) in [4.78, 5) is 27.0. The van der Waals surface area contributed by atoms with Gasteiger partial charge in [0.05, 0.1) is 18.7 Å². The average molecular weight is 635 g/mol. The van der Waals surface area contributed by atoms with E-state index in [2.05, 4.69) is 4.98 Å². The van der Waals surface area contributed by atoms with Crippen LogP contribution >= 0.6 is 0 Å². The van der Waals surface area contributed by atoms with Gasteiger partial charge in [0, 0.05) is 35.5 Å². The molecule has 9 heteroatoms. The maximum Gasteiger partial charge on any atom is 0.355 e. The van der Waals surface area contributed by atoms with Crippen molar-refractivity contribution in [2.24, 2.45) is 0 Å². The van der Waals surface area contributed by atoms with Gasteiger partial charge in [0.25, 0.3) is 0 Å². The summed E-state index contributed by atoms with van der Waals surface area (Å²) in [5, 5.41) is 1.89. The number of fused-ring (bicyclic) bond motifs is 2. The number of nitrogens with one attached hydrogen (secondary N) is 1. The van der Waals surface area contributed by atoms with Crippen LogP contribution in [0.2, 0.25) is 0 Å². The number of hydrogen-bond acceptors (Lipinski definition) is 7. The third-order valence-electron chi connectivity index (χ3n) is 7.20. The fourth-order valence-electron chi connectivity index (χ4n) is 4.96. The summed E-state index contributed by atoms with van der Waals surface area (Å²) < 4.78 is 28.8. The van der Waals surface area contributed by atoms with E-state index in [1.807, 2.05) is 103 Å². The number of carbonyl (C=O) groups excluding carboxylic acids is 2. The number of aromatic nitrogens is 2. The van der Waals surface area contributed by atoms with Crippen LogP contribution in [-0.4, -0.2) is 41.8 Å². The quantitative estimate of drug-likeness (QED) is 0.137. The van der Waals surface area contributed by atoms with E-state index in [0.29, 0.717) is 37.8 Å². The summed E-state index contributed by atoms with van der Waals surface area (Å²) in [5.41, 5.74) is 4.86. The molecule has 2 heterocycles. The van der Waals surface area contributed by atoms with Gasteiger partial charge < -0.3 is 33.2 Å². The molecule has 9 nitrogen and oxygen atoms in total. The van der Waals surface area contributed by atoms with Crippen molar-refractivity contribution >= 4 is 33.7 Å². The number of H-pyrrole nitrogens is 1. The highest BCUT2D eigenvalue weighted by Crippen LogP contribution is 2.26. The van der Waals surface area contributed by atoms with Crippen LogP contribution in [0.5, 0.6) is 11.5 Å². The highest BCUT2D eigenvalue weighted by molar-refractivity contribution is 5.96. The minimum Gasteiger partial charge on any atom is -0.489 e.